The molecule has 0 aliphatic carbocycles. The van der Waals surface area contributed by atoms with Crippen molar-refractivity contribution in [2.45, 2.75) is 20.4 Å². The summed E-state index contributed by atoms with van der Waals surface area (Å²) in [6.07, 6.45) is 1.51. The van der Waals surface area contributed by atoms with E-state index in [0.717, 1.165) is 20.6 Å². The molecule has 0 bridgehead atoms. The SMILES string of the molecule is COc1cc(C=C2SC(=O)N(CC(=O)Nc3ccc(C)c(C)c3)C2=O)ccc1Oc1nc2c(c(=O)n(C)c(=O)n2C)n1Cc1ccc(Cl)cc1Cl. The molecule has 0 radical (unpaired) electrons. The first-order chi connectivity index (χ1) is 24.2. The Morgan fingerprint density at radius 1 is 0.941 bits per heavy atom. The number of carbonyl (C=O) groups excluding carboxylic acids is 3. The third-order valence-corrected chi connectivity index (χ3v) is 9.80. The number of ether oxygens (including phenoxy) is 2. The molecule has 3 aromatic carbocycles. The molecule has 51 heavy (non-hydrogen) atoms. The molecule has 262 valence electrons. The largest absolute Gasteiger partial charge is 0.493 e. The Hall–Kier alpha value is -5.31. The Balaban J connectivity index is 1.28. The molecule has 13 nitrogen and oxygen atoms in total. The number of nitrogens with zero attached hydrogens (tertiary/aromatic N) is 5. The summed E-state index contributed by atoms with van der Waals surface area (Å²) in [6, 6.07) is 15.2. The van der Waals surface area contributed by atoms with Gasteiger partial charge in [0.25, 0.3) is 16.7 Å². The monoisotopic (exact) mass is 748 g/mol. The zero-order valence-electron chi connectivity index (χ0n) is 27.9. The number of fused-ring (bicyclic) bond motifs is 1. The molecule has 0 unspecified atom stereocenters. The number of amides is 3. The molecule has 0 atom stereocenters. The van der Waals surface area contributed by atoms with Gasteiger partial charge < -0.3 is 14.8 Å². The average molecular weight is 750 g/mol. The highest BCUT2D eigenvalue weighted by Crippen LogP contribution is 2.37. The maximum Gasteiger partial charge on any atom is 0.332 e. The molecule has 3 heterocycles. The van der Waals surface area contributed by atoms with Crippen molar-refractivity contribution in [1.82, 2.24) is 23.6 Å². The number of hydrogen-bond acceptors (Lipinski definition) is 9. The first-order valence-electron chi connectivity index (χ1n) is 15.3. The van der Waals surface area contributed by atoms with Gasteiger partial charge in [0.05, 0.1) is 18.6 Å². The number of hydrogen-bond donors (Lipinski definition) is 1. The van der Waals surface area contributed by atoms with Crippen molar-refractivity contribution < 1.29 is 23.9 Å². The second-order valence-electron chi connectivity index (χ2n) is 11.7. The van der Waals surface area contributed by atoms with Gasteiger partial charge >= 0.3 is 11.7 Å². The highest BCUT2D eigenvalue weighted by Gasteiger charge is 2.36. The van der Waals surface area contributed by atoms with Crippen molar-refractivity contribution >= 4 is 74.9 Å². The van der Waals surface area contributed by atoms with Crippen molar-refractivity contribution in [2.75, 3.05) is 19.0 Å². The second-order valence-corrected chi connectivity index (χ2v) is 13.6. The van der Waals surface area contributed by atoms with E-state index >= 15 is 0 Å². The van der Waals surface area contributed by atoms with E-state index in [9.17, 15) is 24.0 Å². The Labute approximate surface area is 305 Å². The van der Waals surface area contributed by atoms with Gasteiger partial charge in [0.15, 0.2) is 22.7 Å². The number of nitrogens with one attached hydrogen (secondary N) is 1. The number of aryl methyl sites for hydroxylation is 3. The van der Waals surface area contributed by atoms with Crippen LogP contribution >= 0.6 is 35.0 Å². The number of anilines is 1. The second kappa shape index (κ2) is 14.1. The van der Waals surface area contributed by atoms with Crippen molar-refractivity contribution in [3.8, 4) is 17.5 Å². The molecular formula is C35H30Cl2N6O7S. The summed E-state index contributed by atoms with van der Waals surface area (Å²) in [5.74, 6) is -0.680. The lowest BCUT2D eigenvalue weighted by Gasteiger charge is -2.14. The zero-order valence-corrected chi connectivity index (χ0v) is 30.3. The van der Waals surface area contributed by atoms with Crippen LogP contribution in [0.1, 0.15) is 22.3 Å². The zero-order chi connectivity index (χ0) is 36.7. The lowest BCUT2D eigenvalue weighted by atomic mass is 10.1. The highest BCUT2D eigenvalue weighted by molar-refractivity contribution is 8.18. The lowest BCUT2D eigenvalue weighted by Crippen LogP contribution is -2.37. The summed E-state index contributed by atoms with van der Waals surface area (Å²) in [7, 11) is 4.29. The minimum atomic E-state index is -0.610. The summed E-state index contributed by atoms with van der Waals surface area (Å²) in [5, 5.41) is 2.94. The third kappa shape index (κ3) is 7.02. The van der Waals surface area contributed by atoms with Gasteiger partial charge in [-0.1, -0.05) is 41.4 Å². The number of benzene rings is 3. The smallest absolute Gasteiger partial charge is 0.332 e. The van der Waals surface area contributed by atoms with Crippen LogP contribution in [0.4, 0.5) is 10.5 Å². The first-order valence-corrected chi connectivity index (χ1v) is 16.9. The van der Waals surface area contributed by atoms with Gasteiger partial charge in [0.1, 0.15) is 6.54 Å². The highest BCUT2D eigenvalue weighted by atomic mass is 35.5. The Morgan fingerprint density at radius 2 is 1.71 bits per heavy atom. The van der Waals surface area contributed by atoms with Crippen LogP contribution in [-0.4, -0.2) is 54.3 Å². The van der Waals surface area contributed by atoms with Gasteiger partial charge in [-0.3, -0.25) is 37.8 Å². The fourth-order valence-corrected chi connectivity index (χ4v) is 6.69. The molecule has 1 aliphatic rings. The topological polar surface area (TPSA) is 147 Å². The van der Waals surface area contributed by atoms with Crippen LogP contribution in [0.25, 0.3) is 17.2 Å². The fourth-order valence-electron chi connectivity index (χ4n) is 5.38. The molecule has 1 aliphatic heterocycles. The number of rotatable bonds is 9. The Kier molecular flexibility index (Phi) is 9.84. The quantitative estimate of drug-likeness (QED) is 0.183. The molecule has 1 fully saturated rings. The molecule has 0 spiro atoms. The van der Waals surface area contributed by atoms with Crippen LogP contribution in [0.2, 0.25) is 10.0 Å². The van der Waals surface area contributed by atoms with Gasteiger partial charge in [-0.05, 0) is 90.3 Å². The Bertz CT molecular complexity index is 2430. The predicted molar refractivity (Wildman–Crippen MR) is 196 cm³/mol. The van der Waals surface area contributed by atoms with Gasteiger partial charge in [0, 0.05) is 29.8 Å². The van der Waals surface area contributed by atoms with Crippen LogP contribution in [0, 0.1) is 13.8 Å². The average Bonchev–Trinajstić information content (AvgIpc) is 3.57. The van der Waals surface area contributed by atoms with Crippen LogP contribution in [0.5, 0.6) is 17.5 Å². The standard InChI is InChI=1S/C35H30Cl2N6O7S/c1-18-6-10-23(12-19(18)2)38-28(44)17-43-31(45)27(51-35(43)48)14-20-7-11-25(26(13-20)49-5)50-33-39-30-29(32(46)41(4)34(47)40(30)3)42(33)16-21-8-9-22(36)15-24(21)37/h6-15H,16-17H2,1-5H3,(H,38,44). The summed E-state index contributed by atoms with van der Waals surface area (Å²) in [6.45, 7) is 3.48. The van der Waals surface area contributed by atoms with Gasteiger partial charge in [0.2, 0.25) is 5.91 Å². The molecule has 5 aromatic rings. The van der Waals surface area contributed by atoms with Crippen LogP contribution < -0.4 is 26.0 Å². The third-order valence-electron chi connectivity index (χ3n) is 8.31. The number of methoxy groups -OCH3 is 1. The van der Waals surface area contributed by atoms with Crippen molar-refractivity contribution in [3.05, 3.63) is 113 Å². The number of halogens is 2. The minimum absolute atomic E-state index is 0.0273. The van der Waals surface area contributed by atoms with Crippen LogP contribution in [-0.2, 0) is 30.2 Å². The van der Waals surface area contributed by atoms with Crippen molar-refractivity contribution in [3.63, 3.8) is 0 Å². The predicted octanol–water partition coefficient (Wildman–Crippen LogP) is 5.88. The van der Waals surface area contributed by atoms with E-state index in [1.54, 1.807) is 42.5 Å². The van der Waals surface area contributed by atoms with Crippen molar-refractivity contribution in [1.29, 1.82) is 0 Å². The number of imidazole rings is 1. The molecule has 6 rings (SSSR count). The number of thioether (sulfide) groups is 1. The molecule has 2 aromatic heterocycles. The van der Waals surface area contributed by atoms with E-state index in [2.05, 4.69) is 10.3 Å². The van der Waals surface area contributed by atoms with Crippen molar-refractivity contribution in [2.24, 2.45) is 14.1 Å². The molecular weight excluding hydrogens is 719 g/mol. The van der Waals surface area contributed by atoms with Gasteiger partial charge in [-0.15, -0.1) is 0 Å². The van der Waals surface area contributed by atoms with E-state index < -0.39 is 34.8 Å². The van der Waals surface area contributed by atoms with Gasteiger partial charge in [-0.2, -0.15) is 4.98 Å². The summed E-state index contributed by atoms with van der Waals surface area (Å²) >= 11 is 13.3. The van der Waals surface area contributed by atoms with E-state index in [-0.39, 0.29) is 40.1 Å². The number of carbonyl (C=O) groups is 3. The lowest BCUT2D eigenvalue weighted by molar-refractivity contribution is -0.127. The van der Waals surface area contributed by atoms with E-state index in [1.807, 2.05) is 26.0 Å². The summed E-state index contributed by atoms with van der Waals surface area (Å²) in [4.78, 5) is 70.2. The van der Waals surface area contributed by atoms with E-state index in [4.69, 9.17) is 32.7 Å². The fraction of sp³-hybridized carbons (Fsp3) is 0.200. The molecule has 0 saturated carbocycles. The molecule has 3 amide bonds. The van der Waals surface area contributed by atoms with E-state index in [0.29, 0.717) is 38.6 Å². The summed E-state index contributed by atoms with van der Waals surface area (Å²) in [5.41, 5.74) is 2.79. The summed E-state index contributed by atoms with van der Waals surface area (Å²) < 4.78 is 15.5. The molecule has 1 N–H and O–H groups in total. The first kappa shape index (κ1) is 35.5. The maximum absolute atomic E-state index is 13.4. The van der Waals surface area contributed by atoms with Gasteiger partial charge in [-0.25, -0.2) is 4.79 Å². The minimum Gasteiger partial charge on any atom is -0.493 e. The normalized spacial score (nSPS) is 13.8. The maximum atomic E-state index is 13.4. The number of imide groups is 1. The molecule has 16 heteroatoms. The van der Waals surface area contributed by atoms with Crippen LogP contribution in [0.3, 0.4) is 0 Å². The Morgan fingerprint density at radius 3 is 2.41 bits per heavy atom. The number of aromatic nitrogens is 4. The van der Waals surface area contributed by atoms with Crippen LogP contribution in [0.15, 0.2) is 69.1 Å². The molecule has 1 saturated heterocycles. The van der Waals surface area contributed by atoms with E-state index in [1.165, 1.54) is 36.4 Å².